The van der Waals surface area contributed by atoms with Crippen LogP contribution >= 0.6 is 15.9 Å². The van der Waals surface area contributed by atoms with Gasteiger partial charge in [-0.05, 0) is 61.4 Å². The van der Waals surface area contributed by atoms with Crippen molar-refractivity contribution >= 4 is 27.5 Å². The molecule has 5 nitrogen and oxygen atoms in total. The lowest BCUT2D eigenvalue weighted by atomic mass is 10.1. The lowest BCUT2D eigenvalue weighted by molar-refractivity contribution is 0.0952. The molecule has 2 aromatic rings. The molecule has 2 N–H and O–H groups in total. The number of amides is 1. The number of nitrogens with zero attached hydrogens (tertiary/aromatic N) is 1. The molecule has 0 unspecified atom stereocenters. The van der Waals surface area contributed by atoms with Gasteiger partial charge in [0.1, 0.15) is 11.5 Å². The predicted molar refractivity (Wildman–Crippen MR) is 125 cm³/mol. The normalized spacial score (nSPS) is 11.4. The second-order valence-corrected chi connectivity index (χ2v) is 8.21. The van der Waals surface area contributed by atoms with E-state index in [4.69, 9.17) is 4.74 Å². The SMILES string of the molecule is CCCCCCCCCOc1ccc(/C(C)=N\NC(=O)c2cc(Br)ccc2O)cc1. The van der Waals surface area contributed by atoms with Gasteiger partial charge in [-0.15, -0.1) is 0 Å². The molecular weight excluding hydrogens is 444 g/mol. The van der Waals surface area contributed by atoms with Crippen LogP contribution in [0.3, 0.4) is 0 Å². The van der Waals surface area contributed by atoms with Crippen molar-refractivity contribution in [3.05, 3.63) is 58.1 Å². The Kier molecular flexibility index (Phi) is 10.4. The first-order valence-electron chi connectivity index (χ1n) is 10.6. The van der Waals surface area contributed by atoms with Gasteiger partial charge in [0.25, 0.3) is 5.91 Å². The Morgan fingerprint density at radius 2 is 1.70 bits per heavy atom. The number of ether oxygens (including phenoxy) is 1. The summed E-state index contributed by atoms with van der Waals surface area (Å²) in [6.45, 7) is 4.78. The number of unbranched alkanes of at least 4 members (excludes halogenated alkanes) is 6. The zero-order valence-corrected chi connectivity index (χ0v) is 19.4. The highest BCUT2D eigenvalue weighted by molar-refractivity contribution is 9.10. The van der Waals surface area contributed by atoms with Gasteiger partial charge in [-0.25, -0.2) is 5.43 Å². The second kappa shape index (κ2) is 13.1. The van der Waals surface area contributed by atoms with Crippen molar-refractivity contribution < 1.29 is 14.6 Å². The van der Waals surface area contributed by atoms with E-state index in [1.165, 1.54) is 44.6 Å². The molecule has 0 aliphatic rings. The van der Waals surface area contributed by atoms with Crippen LogP contribution in [-0.4, -0.2) is 23.3 Å². The second-order valence-electron chi connectivity index (χ2n) is 7.29. The van der Waals surface area contributed by atoms with Gasteiger partial charge in [-0.3, -0.25) is 4.79 Å². The molecule has 2 rings (SSSR count). The standard InChI is InChI=1S/C24H31BrN2O3/c1-3-4-5-6-7-8-9-16-30-21-13-10-19(11-14-21)18(2)26-27-24(29)22-17-20(25)12-15-23(22)28/h10-15,17,28H,3-9,16H2,1-2H3,(H,27,29)/b26-18-. The predicted octanol–water partition coefficient (Wildman–Crippen LogP) is 6.44. The molecule has 0 aliphatic carbocycles. The fourth-order valence-electron chi connectivity index (χ4n) is 2.99. The van der Waals surface area contributed by atoms with Gasteiger partial charge in [0.2, 0.25) is 0 Å². The molecule has 0 aliphatic heterocycles. The van der Waals surface area contributed by atoms with Crippen molar-refractivity contribution in [1.82, 2.24) is 5.43 Å². The first kappa shape index (κ1) is 23.9. The fourth-order valence-corrected chi connectivity index (χ4v) is 3.35. The molecule has 0 bridgehead atoms. The largest absolute Gasteiger partial charge is 0.507 e. The van der Waals surface area contributed by atoms with E-state index in [0.717, 1.165) is 24.3 Å². The Balaban J connectivity index is 1.78. The molecule has 0 spiro atoms. The van der Waals surface area contributed by atoms with Crippen molar-refractivity contribution in [2.24, 2.45) is 5.10 Å². The van der Waals surface area contributed by atoms with Gasteiger partial charge in [0, 0.05) is 4.47 Å². The Hall–Kier alpha value is -2.34. The summed E-state index contributed by atoms with van der Waals surface area (Å²) in [6.07, 6.45) is 8.83. The van der Waals surface area contributed by atoms with Crippen molar-refractivity contribution in [2.75, 3.05) is 6.61 Å². The summed E-state index contributed by atoms with van der Waals surface area (Å²) in [5.41, 5.74) is 4.19. The first-order valence-corrected chi connectivity index (χ1v) is 11.4. The van der Waals surface area contributed by atoms with Crippen LogP contribution in [0.2, 0.25) is 0 Å². The van der Waals surface area contributed by atoms with E-state index < -0.39 is 5.91 Å². The zero-order chi connectivity index (χ0) is 21.8. The number of hydrogen-bond donors (Lipinski definition) is 2. The smallest absolute Gasteiger partial charge is 0.275 e. The number of carbonyl (C=O) groups excluding carboxylic acids is 1. The number of aromatic hydroxyl groups is 1. The maximum Gasteiger partial charge on any atom is 0.275 e. The first-order chi connectivity index (χ1) is 14.5. The van der Waals surface area contributed by atoms with Crippen LogP contribution in [-0.2, 0) is 0 Å². The van der Waals surface area contributed by atoms with Gasteiger partial charge >= 0.3 is 0 Å². The lowest BCUT2D eigenvalue weighted by Crippen LogP contribution is -2.19. The summed E-state index contributed by atoms with van der Waals surface area (Å²) >= 11 is 3.29. The minimum absolute atomic E-state index is 0.0917. The number of phenols is 1. The highest BCUT2D eigenvalue weighted by atomic mass is 79.9. The molecule has 0 radical (unpaired) electrons. The summed E-state index contributed by atoms with van der Waals surface area (Å²) in [5, 5.41) is 14.0. The van der Waals surface area contributed by atoms with E-state index in [0.29, 0.717) is 10.2 Å². The number of halogens is 1. The van der Waals surface area contributed by atoms with Crippen LogP contribution in [0.25, 0.3) is 0 Å². The Morgan fingerprint density at radius 1 is 1.03 bits per heavy atom. The quantitative estimate of drug-likeness (QED) is 0.211. The van der Waals surface area contributed by atoms with Crippen molar-refractivity contribution in [3.63, 3.8) is 0 Å². The average Bonchev–Trinajstić information content (AvgIpc) is 2.75. The number of phenolic OH excluding ortho intramolecular Hbond substituents is 1. The fraction of sp³-hybridized carbons (Fsp3) is 0.417. The molecule has 0 aromatic heterocycles. The molecule has 162 valence electrons. The van der Waals surface area contributed by atoms with Crippen molar-refractivity contribution in [1.29, 1.82) is 0 Å². The lowest BCUT2D eigenvalue weighted by Gasteiger charge is -2.08. The maximum absolute atomic E-state index is 12.2. The molecule has 2 aromatic carbocycles. The van der Waals surface area contributed by atoms with E-state index in [1.807, 2.05) is 31.2 Å². The van der Waals surface area contributed by atoms with E-state index in [1.54, 1.807) is 12.1 Å². The van der Waals surface area contributed by atoms with Gasteiger partial charge in [0.05, 0.1) is 17.9 Å². The molecule has 0 heterocycles. The monoisotopic (exact) mass is 474 g/mol. The number of benzene rings is 2. The summed E-state index contributed by atoms with van der Waals surface area (Å²) in [6, 6.07) is 12.3. The number of nitrogens with one attached hydrogen (secondary N) is 1. The minimum atomic E-state index is -0.470. The molecule has 6 heteroatoms. The zero-order valence-electron chi connectivity index (χ0n) is 17.8. The maximum atomic E-state index is 12.2. The Labute approximate surface area is 187 Å². The highest BCUT2D eigenvalue weighted by Gasteiger charge is 2.11. The molecule has 0 fully saturated rings. The van der Waals surface area contributed by atoms with Crippen LogP contribution in [0, 0.1) is 0 Å². The summed E-state index contributed by atoms with van der Waals surface area (Å²) in [5.74, 6) is 0.273. The van der Waals surface area contributed by atoms with Gasteiger partial charge in [-0.2, -0.15) is 5.10 Å². The van der Waals surface area contributed by atoms with E-state index in [9.17, 15) is 9.90 Å². The van der Waals surface area contributed by atoms with E-state index in [-0.39, 0.29) is 11.3 Å². The molecule has 0 atom stereocenters. The highest BCUT2D eigenvalue weighted by Crippen LogP contribution is 2.21. The van der Waals surface area contributed by atoms with Crippen LogP contribution in [0.4, 0.5) is 0 Å². The van der Waals surface area contributed by atoms with Crippen LogP contribution < -0.4 is 10.2 Å². The summed E-state index contributed by atoms with van der Waals surface area (Å²) in [7, 11) is 0. The van der Waals surface area contributed by atoms with Crippen molar-refractivity contribution in [3.8, 4) is 11.5 Å². The van der Waals surface area contributed by atoms with E-state index >= 15 is 0 Å². The Morgan fingerprint density at radius 3 is 2.40 bits per heavy atom. The molecule has 0 saturated carbocycles. The average molecular weight is 475 g/mol. The third-order valence-corrected chi connectivity index (χ3v) is 5.31. The van der Waals surface area contributed by atoms with Gasteiger partial charge < -0.3 is 9.84 Å². The van der Waals surface area contributed by atoms with Gasteiger partial charge in [0.15, 0.2) is 0 Å². The van der Waals surface area contributed by atoms with E-state index in [2.05, 4.69) is 33.4 Å². The molecular formula is C24H31BrN2O3. The minimum Gasteiger partial charge on any atom is -0.507 e. The Bertz CT molecular complexity index is 835. The number of hydrazone groups is 1. The molecule has 30 heavy (non-hydrogen) atoms. The number of rotatable bonds is 12. The summed E-state index contributed by atoms with van der Waals surface area (Å²) in [4.78, 5) is 12.2. The topological polar surface area (TPSA) is 70.9 Å². The van der Waals surface area contributed by atoms with Crippen molar-refractivity contribution in [2.45, 2.75) is 58.8 Å². The molecule has 0 saturated heterocycles. The third kappa shape index (κ3) is 8.19. The van der Waals surface area contributed by atoms with Crippen LogP contribution in [0.5, 0.6) is 11.5 Å². The van der Waals surface area contributed by atoms with Crippen LogP contribution in [0.1, 0.15) is 74.7 Å². The third-order valence-electron chi connectivity index (χ3n) is 4.82. The number of hydrogen-bond acceptors (Lipinski definition) is 4. The van der Waals surface area contributed by atoms with Gasteiger partial charge in [-0.1, -0.05) is 61.4 Å². The summed E-state index contributed by atoms with van der Waals surface area (Å²) < 4.78 is 6.51. The molecule has 1 amide bonds. The van der Waals surface area contributed by atoms with Crippen LogP contribution in [0.15, 0.2) is 52.0 Å². The number of carbonyl (C=O) groups is 1.